The van der Waals surface area contributed by atoms with Gasteiger partial charge >= 0.3 is 0 Å². The summed E-state index contributed by atoms with van der Waals surface area (Å²) in [6.07, 6.45) is 1.86. The Balaban J connectivity index is 1.63. The molecule has 0 bridgehead atoms. The van der Waals surface area contributed by atoms with E-state index in [9.17, 15) is 4.79 Å². The second-order valence-electron chi connectivity index (χ2n) is 7.26. The summed E-state index contributed by atoms with van der Waals surface area (Å²) in [7, 11) is 0. The first-order valence-electron chi connectivity index (χ1n) is 9.74. The van der Waals surface area contributed by atoms with Crippen LogP contribution in [0, 0.1) is 13.8 Å². The lowest BCUT2D eigenvalue weighted by molar-refractivity contribution is -0.113. The van der Waals surface area contributed by atoms with Crippen molar-refractivity contribution < 1.29 is 9.53 Å². The topological polar surface area (TPSA) is 29.5 Å². The molecule has 0 aliphatic carbocycles. The van der Waals surface area contributed by atoms with Gasteiger partial charge in [-0.05, 0) is 55.3 Å². The van der Waals surface area contributed by atoms with Gasteiger partial charge in [-0.15, -0.1) is 0 Å². The fraction of sp³-hybridized carbons (Fsp3) is 0.120. The Hall–Kier alpha value is -2.41. The highest BCUT2D eigenvalue weighted by Gasteiger charge is 2.34. The third kappa shape index (κ3) is 4.92. The fourth-order valence-electron chi connectivity index (χ4n) is 3.37. The van der Waals surface area contributed by atoms with Crippen LogP contribution >= 0.6 is 39.9 Å². The minimum atomic E-state index is -0.115. The largest absolute Gasteiger partial charge is 0.488 e. The first kappa shape index (κ1) is 21.8. The molecule has 4 rings (SSSR count). The minimum absolute atomic E-state index is 0.115. The molecule has 0 spiro atoms. The van der Waals surface area contributed by atoms with Gasteiger partial charge in [0.25, 0.3) is 5.91 Å². The number of ether oxygens (including phenoxy) is 1. The van der Waals surface area contributed by atoms with Crippen LogP contribution in [0.15, 0.2) is 76.1 Å². The molecule has 1 fully saturated rings. The maximum atomic E-state index is 13.2. The summed E-state index contributed by atoms with van der Waals surface area (Å²) in [5.74, 6) is 0.597. The van der Waals surface area contributed by atoms with E-state index in [0.717, 1.165) is 32.4 Å². The second-order valence-corrected chi connectivity index (χ2v) is 9.85. The van der Waals surface area contributed by atoms with E-state index in [1.807, 2.05) is 80.6 Å². The molecule has 0 unspecified atom stereocenters. The number of thioether (sulfide) groups is 1. The predicted molar refractivity (Wildman–Crippen MR) is 136 cm³/mol. The number of halogens is 1. The van der Waals surface area contributed by atoms with Crippen LogP contribution in [-0.2, 0) is 11.4 Å². The molecule has 1 heterocycles. The number of hydrogen-bond donors (Lipinski definition) is 0. The number of anilines is 1. The summed E-state index contributed by atoms with van der Waals surface area (Å²) in [5, 5.41) is 0. The molecule has 156 valence electrons. The molecule has 3 aromatic rings. The average Bonchev–Trinajstić information content (AvgIpc) is 3.01. The number of rotatable bonds is 5. The van der Waals surface area contributed by atoms with Crippen molar-refractivity contribution in [1.29, 1.82) is 0 Å². The lowest BCUT2D eigenvalue weighted by Gasteiger charge is -2.17. The number of hydrogen-bond acceptors (Lipinski definition) is 4. The molecule has 1 saturated heterocycles. The number of amides is 1. The molecule has 0 N–H and O–H groups in total. The second kappa shape index (κ2) is 9.39. The van der Waals surface area contributed by atoms with E-state index in [1.165, 1.54) is 11.8 Å². The van der Waals surface area contributed by atoms with Crippen LogP contribution in [0.2, 0.25) is 0 Å². The van der Waals surface area contributed by atoms with Crippen molar-refractivity contribution in [1.82, 2.24) is 0 Å². The fourth-order valence-corrected chi connectivity index (χ4v) is 5.03. The van der Waals surface area contributed by atoms with Gasteiger partial charge < -0.3 is 4.74 Å². The number of aryl methyl sites for hydroxylation is 2. The normalized spacial score (nSPS) is 15.1. The van der Waals surface area contributed by atoms with Gasteiger partial charge in [-0.2, -0.15) is 0 Å². The standard InChI is InChI=1S/C25H20BrNO2S2/c1-16-8-10-21(17(2)12-16)27-24(28)23(31-25(27)30)14-19-13-20(26)9-11-22(19)29-15-18-6-4-3-5-7-18/h3-14H,15H2,1-2H3/b23-14+. The first-order chi connectivity index (χ1) is 14.9. The zero-order chi connectivity index (χ0) is 22.0. The highest BCUT2D eigenvalue weighted by atomic mass is 79.9. The quantitative estimate of drug-likeness (QED) is 0.272. The number of carbonyl (C=O) groups is 1. The maximum absolute atomic E-state index is 13.2. The molecule has 0 atom stereocenters. The SMILES string of the molecule is Cc1ccc(N2C(=O)/C(=C\c3cc(Br)ccc3OCc3ccccc3)SC2=S)c(C)c1. The highest BCUT2D eigenvalue weighted by molar-refractivity contribution is 9.10. The zero-order valence-electron chi connectivity index (χ0n) is 17.1. The summed E-state index contributed by atoms with van der Waals surface area (Å²) in [6.45, 7) is 4.48. The van der Waals surface area contributed by atoms with Gasteiger partial charge in [-0.25, -0.2) is 0 Å². The van der Waals surface area contributed by atoms with E-state index in [4.69, 9.17) is 17.0 Å². The van der Waals surface area contributed by atoms with Gasteiger partial charge in [0.2, 0.25) is 0 Å². The Morgan fingerprint density at radius 2 is 1.84 bits per heavy atom. The van der Waals surface area contributed by atoms with Gasteiger partial charge in [0, 0.05) is 10.0 Å². The Morgan fingerprint density at radius 3 is 2.58 bits per heavy atom. The number of thiocarbonyl (C=S) groups is 1. The van der Waals surface area contributed by atoms with Crippen LogP contribution in [0.3, 0.4) is 0 Å². The lowest BCUT2D eigenvalue weighted by atomic mass is 10.1. The van der Waals surface area contributed by atoms with Crippen molar-refractivity contribution in [2.75, 3.05) is 4.90 Å². The van der Waals surface area contributed by atoms with Gasteiger partial charge in [0.1, 0.15) is 12.4 Å². The summed E-state index contributed by atoms with van der Waals surface area (Å²) in [5.41, 5.74) is 4.90. The van der Waals surface area contributed by atoms with Crippen molar-refractivity contribution in [3.8, 4) is 5.75 Å². The number of carbonyl (C=O) groups excluding carboxylic acids is 1. The maximum Gasteiger partial charge on any atom is 0.270 e. The van der Waals surface area contributed by atoms with Crippen molar-refractivity contribution in [3.63, 3.8) is 0 Å². The van der Waals surface area contributed by atoms with E-state index >= 15 is 0 Å². The van der Waals surface area contributed by atoms with Crippen LogP contribution in [0.25, 0.3) is 6.08 Å². The van der Waals surface area contributed by atoms with Crippen molar-refractivity contribution in [2.24, 2.45) is 0 Å². The molecular formula is C25H20BrNO2S2. The van der Waals surface area contributed by atoms with Crippen molar-refractivity contribution in [3.05, 3.63) is 98.4 Å². The Labute approximate surface area is 200 Å². The van der Waals surface area contributed by atoms with E-state index in [-0.39, 0.29) is 5.91 Å². The average molecular weight is 510 g/mol. The van der Waals surface area contributed by atoms with Crippen molar-refractivity contribution in [2.45, 2.75) is 20.5 Å². The van der Waals surface area contributed by atoms with E-state index in [2.05, 4.69) is 22.0 Å². The predicted octanol–water partition coefficient (Wildman–Crippen LogP) is 7.05. The molecule has 1 aliphatic heterocycles. The molecule has 1 aliphatic rings. The van der Waals surface area contributed by atoms with Gasteiger partial charge in [0.05, 0.1) is 10.6 Å². The third-order valence-electron chi connectivity index (χ3n) is 4.88. The summed E-state index contributed by atoms with van der Waals surface area (Å²) in [4.78, 5) is 15.4. The molecule has 0 radical (unpaired) electrons. The zero-order valence-corrected chi connectivity index (χ0v) is 20.3. The van der Waals surface area contributed by atoms with E-state index < -0.39 is 0 Å². The summed E-state index contributed by atoms with van der Waals surface area (Å²) in [6, 6.07) is 21.8. The third-order valence-corrected chi connectivity index (χ3v) is 6.68. The van der Waals surface area contributed by atoms with Gasteiger partial charge in [-0.3, -0.25) is 9.69 Å². The molecular weight excluding hydrogens is 490 g/mol. The summed E-state index contributed by atoms with van der Waals surface area (Å²) < 4.78 is 7.51. The Morgan fingerprint density at radius 1 is 1.06 bits per heavy atom. The molecule has 31 heavy (non-hydrogen) atoms. The molecule has 6 heteroatoms. The molecule has 3 nitrogen and oxygen atoms in total. The van der Waals surface area contributed by atoms with Gasteiger partial charge in [-0.1, -0.05) is 87.9 Å². The lowest BCUT2D eigenvalue weighted by Crippen LogP contribution is -2.28. The molecule has 1 amide bonds. The molecule has 0 aromatic heterocycles. The molecule has 0 saturated carbocycles. The van der Waals surface area contributed by atoms with Crippen LogP contribution < -0.4 is 9.64 Å². The number of benzene rings is 3. The van der Waals surface area contributed by atoms with Crippen molar-refractivity contribution >= 4 is 61.9 Å². The van der Waals surface area contributed by atoms with Crippen LogP contribution in [0.4, 0.5) is 5.69 Å². The smallest absolute Gasteiger partial charge is 0.270 e. The molecule has 3 aromatic carbocycles. The minimum Gasteiger partial charge on any atom is -0.488 e. The van der Waals surface area contributed by atoms with Crippen LogP contribution in [0.5, 0.6) is 5.75 Å². The first-order valence-corrected chi connectivity index (χ1v) is 11.8. The van der Waals surface area contributed by atoms with Crippen LogP contribution in [-0.4, -0.2) is 10.2 Å². The number of nitrogens with zero attached hydrogens (tertiary/aromatic N) is 1. The summed E-state index contributed by atoms with van der Waals surface area (Å²) >= 11 is 10.4. The monoisotopic (exact) mass is 509 g/mol. The van der Waals surface area contributed by atoms with E-state index in [0.29, 0.717) is 21.6 Å². The Bertz CT molecular complexity index is 1190. The van der Waals surface area contributed by atoms with Crippen LogP contribution in [0.1, 0.15) is 22.3 Å². The van der Waals surface area contributed by atoms with Gasteiger partial charge in [0.15, 0.2) is 4.32 Å². The highest BCUT2D eigenvalue weighted by Crippen LogP contribution is 2.39. The Kier molecular flexibility index (Phi) is 6.60. The van der Waals surface area contributed by atoms with E-state index in [1.54, 1.807) is 4.90 Å².